The summed E-state index contributed by atoms with van der Waals surface area (Å²) in [7, 11) is 1.30. The van der Waals surface area contributed by atoms with Crippen molar-refractivity contribution < 1.29 is 23.1 Å². The van der Waals surface area contributed by atoms with E-state index in [0.29, 0.717) is 17.4 Å². The molecule has 2 atom stereocenters. The van der Waals surface area contributed by atoms with Crippen LogP contribution in [0.15, 0.2) is 48.7 Å². The first-order valence-electron chi connectivity index (χ1n) is 10.3. The SMILES string of the molecule is CCn1ccc(N2C[C@@H](c3c(F)cc(OC)cc3F)C(NC(=O)c3ccc(Cl)cc3)C2=O)n1. The number of halogens is 3. The van der Waals surface area contributed by atoms with Crippen molar-refractivity contribution in [1.82, 2.24) is 15.1 Å². The van der Waals surface area contributed by atoms with E-state index in [1.54, 1.807) is 16.9 Å². The van der Waals surface area contributed by atoms with E-state index in [-0.39, 0.29) is 23.4 Å². The number of hydrogen-bond donors (Lipinski definition) is 1. The Labute approximate surface area is 193 Å². The molecule has 172 valence electrons. The summed E-state index contributed by atoms with van der Waals surface area (Å²) in [6.07, 6.45) is 1.70. The van der Waals surface area contributed by atoms with E-state index in [1.165, 1.54) is 36.3 Å². The van der Waals surface area contributed by atoms with Crippen LogP contribution in [0, 0.1) is 11.6 Å². The van der Waals surface area contributed by atoms with E-state index in [4.69, 9.17) is 16.3 Å². The summed E-state index contributed by atoms with van der Waals surface area (Å²) >= 11 is 5.88. The Morgan fingerprint density at radius 3 is 2.45 bits per heavy atom. The number of amides is 2. The van der Waals surface area contributed by atoms with Crippen LogP contribution in [0.4, 0.5) is 14.6 Å². The maximum atomic E-state index is 14.9. The average Bonchev–Trinajstić information content (AvgIpc) is 3.39. The van der Waals surface area contributed by atoms with E-state index in [2.05, 4.69) is 10.4 Å². The summed E-state index contributed by atoms with van der Waals surface area (Å²) in [6, 6.07) is 8.61. The zero-order chi connectivity index (χ0) is 23.7. The van der Waals surface area contributed by atoms with Crippen molar-refractivity contribution >= 4 is 29.2 Å². The minimum absolute atomic E-state index is 0.0124. The van der Waals surface area contributed by atoms with Gasteiger partial charge in [-0.3, -0.25) is 19.2 Å². The lowest BCUT2D eigenvalue weighted by Crippen LogP contribution is -2.44. The predicted molar refractivity (Wildman–Crippen MR) is 119 cm³/mol. The lowest BCUT2D eigenvalue weighted by atomic mass is 9.92. The fraction of sp³-hybridized carbons (Fsp3) is 0.261. The molecule has 2 amide bonds. The molecule has 2 heterocycles. The first-order valence-corrected chi connectivity index (χ1v) is 10.6. The van der Waals surface area contributed by atoms with E-state index in [1.807, 2.05) is 6.92 Å². The van der Waals surface area contributed by atoms with Crippen molar-refractivity contribution in [3.63, 3.8) is 0 Å². The third-order valence-electron chi connectivity index (χ3n) is 5.59. The molecule has 0 spiro atoms. The molecule has 1 fully saturated rings. The molecule has 1 aliphatic heterocycles. The van der Waals surface area contributed by atoms with Gasteiger partial charge in [0.1, 0.15) is 23.4 Å². The number of nitrogens with zero attached hydrogens (tertiary/aromatic N) is 3. The van der Waals surface area contributed by atoms with Crippen LogP contribution in [0.5, 0.6) is 5.75 Å². The number of nitrogens with one attached hydrogen (secondary N) is 1. The lowest BCUT2D eigenvalue weighted by molar-refractivity contribution is -0.118. The van der Waals surface area contributed by atoms with Crippen molar-refractivity contribution in [3.05, 3.63) is 76.4 Å². The molecule has 1 N–H and O–H groups in total. The molecule has 1 saturated heterocycles. The van der Waals surface area contributed by atoms with E-state index in [0.717, 1.165) is 12.1 Å². The summed E-state index contributed by atoms with van der Waals surface area (Å²) in [5.41, 5.74) is -0.0432. The summed E-state index contributed by atoms with van der Waals surface area (Å²) in [5, 5.41) is 7.42. The third-order valence-corrected chi connectivity index (χ3v) is 5.84. The number of methoxy groups -OCH3 is 1. The third kappa shape index (κ3) is 4.41. The monoisotopic (exact) mass is 474 g/mol. The second-order valence-electron chi connectivity index (χ2n) is 7.55. The maximum absolute atomic E-state index is 14.9. The standard InChI is InChI=1S/C23H21ClF2N4O3/c1-3-29-9-8-19(28-29)30-12-16(20-17(25)10-15(33-2)11-18(20)26)21(23(30)32)27-22(31)13-4-6-14(24)7-5-13/h4-11,16,21H,3,12H2,1-2H3,(H,27,31)/t16-,21?/m0/s1. The van der Waals surface area contributed by atoms with Crippen molar-refractivity contribution in [3.8, 4) is 5.75 Å². The Kier molecular flexibility index (Phi) is 6.33. The molecule has 10 heteroatoms. The van der Waals surface area contributed by atoms with Gasteiger partial charge in [0.2, 0.25) is 0 Å². The van der Waals surface area contributed by atoms with Gasteiger partial charge in [0.25, 0.3) is 11.8 Å². The van der Waals surface area contributed by atoms with Crippen LogP contribution in [-0.2, 0) is 11.3 Å². The van der Waals surface area contributed by atoms with Gasteiger partial charge < -0.3 is 10.1 Å². The molecule has 0 aliphatic carbocycles. The molecule has 1 aliphatic rings. The number of carbonyl (C=O) groups excluding carboxylic acids is 2. The van der Waals surface area contributed by atoms with E-state index < -0.39 is 35.4 Å². The number of rotatable bonds is 6. The highest BCUT2D eigenvalue weighted by atomic mass is 35.5. The van der Waals surface area contributed by atoms with Gasteiger partial charge >= 0.3 is 0 Å². The first kappa shape index (κ1) is 22.7. The molecule has 0 radical (unpaired) electrons. The molecular formula is C23H21ClF2N4O3. The first-order chi connectivity index (χ1) is 15.8. The fourth-order valence-corrected chi connectivity index (χ4v) is 4.01. The minimum atomic E-state index is -1.21. The van der Waals surface area contributed by atoms with Gasteiger partial charge in [0, 0.05) is 59.6 Å². The quantitative estimate of drug-likeness (QED) is 0.590. The summed E-state index contributed by atoms with van der Waals surface area (Å²) in [6.45, 7) is 2.41. The van der Waals surface area contributed by atoms with Crippen LogP contribution in [0.25, 0.3) is 0 Å². The molecule has 3 aromatic rings. The Bertz CT molecular complexity index is 1180. The number of ether oxygens (including phenoxy) is 1. The van der Waals surface area contributed by atoms with Crippen LogP contribution in [0.2, 0.25) is 5.02 Å². The zero-order valence-electron chi connectivity index (χ0n) is 17.9. The maximum Gasteiger partial charge on any atom is 0.251 e. The number of aromatic nitrogens is 2. The Morgan fingerprint density at radius 2 is 1.88 bits per heavy atom. The molecular weight excluding hydrogens is 454 g/mol. The van der Waals surface area contributed by atoms with Gasteiger partial charge in [-0.1, -0.05) is 11.6 Å². The second-order valence-corrected chi connectivity index (χ2v) is 7.98. The highest BCUT2D eigenvalue weighted by Gasteiger charge is 2.45. The predicted octanol–water partition coefficient (Wildman–Crippen LogP) is 3.77. The van der Waals surface area contributed by atoms with Crippen LogP contribution < -0.4 is 15.0 Å². The lowest BCUT2D eigenvalue weighted by Gasteiger charge is -2.20. The molecule has 1 aromatic heterocycles. The second kappa shape index (κ2) is 9.19. The van der Waals surface area contributed by atoms with Crippen molar-refractivity contribution in [2.45, 2.75) is 25.4 Å². The highest BCUT2D eigenvalue weighted by Crippen LogP contribution is 2.36. The van der Waals surface area contributed by atoms with Gasteiger partial charge in [0.15, 0.2) is 5.82 Å². The zero-order valence-corrected chi connectivity index (χ0v) is 18.6. The summed E-state index contributed by atoms with van der Waals surface area (Å²) in [5.74, 6) is -3.45. The number of benzene rings is 2. The van der Waals surface area contributed by atoms with Crippen molar-refractivity contribution in [1.29, 1.82) is 0 Å². The summed E-state index contributed by atoms with van der Waals surface area (Å²) in [4.78, 5) is 27.5. The average molecular weight is 475 g/mol. The van der Waals surface area contributed by atoms with Gasteiger partial charge in [-0.15, -0.1) is 0 Å². The number of anilines is 1. The van der Waals surface area contributed by atoms with E-state index in [9.17, 15) is 18.4 Å². The Hall–Kier alpha value is -3.46. The van der Waals surface area contributed by atoms with Crippen LogP contribution >= 0.6 is 11.6 Å². The minimum Gasteiger partial charge on any atom is -0.497 e. The van der Waals surface area contributed by atoms with Crippen molar-refractivity contribution in [2.24, 2.45) is 0 Å². The molecule has 1 unspecified atom stereocenters. The normalized spacial score (nSPS) is 18.0. The number of carbonyl (C=O) groups is 2. The fourth-order valence-electron chi connectivity index (χ4n) is 3.89. The molecule has 7 nitrogen and oxygen atoms in total. The van der Waals surface area contributed by atoms with E-state index >= 15 is 0 Å². The number of aryl methyl sites for hydroxylation is 1. The smallest absolute Gasteiger partial charge is 0.251 e. The molecule has 2 aromatic carbocycles. The Morgan fingerprint density at radius 1 is 1.21 bits per heavy atom. The Balaban J connectivity index is 1.72. The van der Waals surface area contributed by atoms with Crippen LogP contribution in [-0.4, -0.2) is 41.3 Å². The molecule has 4 rings (SSSR count). The van der Waals surface area contributed by atoms with Gasteiger partial charge in [-0.25, -0.2) is 8.78 Å². The molecule has 0 saturated carbocycles. The molecule has 33 heavy (non-hydrogen) atoms. The highest BCUT2D eigenvalue weighted by molar-refractivity contribution is 6.30. The van der Waals surface area contributed by atoms with Gasteiger partial charge in [-0.05, 0) is 31.2 Å². The van der Waals surface area contributed by atoms with Gasteiger partial charge in [-0.2, -0.15) is 5.10 Å². The van der Waals surface area contributed by atoms with Gasteiger partial charge in [0.05, 0.1) is 7.11 Å². The topological polar surface area (TPSA) is 76.5 Å². The molecule has 0 bridgehead atoms. The largest absolute Gasteiger partial charge is 0.497 e. The summed E-state index contributed by atoms with van der Waals surface area (Å²) < 4.78 is 36.5. The van der Waals surface area contributed by atoms with Crippen molar-refractivity contribution in [2.75, 3.05) is 18.6 Å². The van der Waals surface area contributed by atoms with Crippen LogP contribution in [0.3, 0.4) is 0 Å². The number of hydrogen-bond acceptors (Lipinski definition) is 4. The van der Waals surface area contributed by atoms with Crippen LogP contribution in [0.1, 0.15) is 28.8 Å².